The van der Waals surface area contributed by atoms with Gasteiger partial charge in [0.2, 0.25) is 11.8 Å². The fourth-order valence-electron chi connectivity index (χ4n) is 2.00. The molecule has 0 aromatic rings. The largest absolute Gasteiger partial charge is 0.481 e. The maximum Gasteiger partial charge on any atom is 0.305 e. The van der Waals surface area contributed by atoms with E-state index in [9.17, 15) is 14.4 Å². The zero-order chi connectivity index (χ0) is 13.7. The highest BCUT2D eigenvalue weighted by Crippen LogP contribution is 2.15. The average Bonchev–Trinajstić information content (AvgIpc) is 2.29. The van der Waals surface area contributed by atoms with Gasteiger partial charge in [-0.1, -0.05) is 0 Å². The van der Waals surface area contributed by atoms with Gasteiger partial charge in [-0.05, 0) is 0 Å². The van der Waals surface area contributed by atoms with E-state index in [1.807, 2.05) is 0 Å². The fraction of sp³-hybridized carbons (Fsp3) is 0.727. The van der Waals surface area contributed by atoms with Crippen LogP contribution in [0.15, 0.2) is 0 Å². The molecule has 1 saturated heterocycles. The van der Waals surface area contributed by atoms with E-state index in [0.29, 0.717) is 26.2 Å². The number of ether oxygens (including phenoxy) is 1. The molecule has 1 aliphatic heterocycles. The smallest absolute Gasteiger partial charge is 0.305 e. The number of rotatable bonds is 5. The third-order valence-electron chi connectivity index (χ3n) is 2.92. The van der Waals surface area contributed by atoms with Crippen LogP contribution >= 0.6 is 0 Å². The number of aliphatic carboxylic acids is 1. The molecule has 7 nitrogen and oxygen atoms in total. The van der Waals surface area contributed by atoms with Gasteiger partial charge in [0.05, 0.1) is 13.0 Å². The Morgan fingerprint density at radius 1 is 1.44 bits per heavy atom. The summed E-state index contributed by atoms with van der Waals surface area (Å²) in [6.45, 7) is 2.93. The first-order valence-corrected chi connectivity index (χ1v) is 5.74. The summed E-state index contributed by atoms with van der Waals surface area (Å²) in [5.41, 5.74) is 0. The molecule has 0 aliphatic carbocycles. The lowest BCUT2D eigenvalue weighted by atomic mass is 10.1. The molecule has 1 aliphatic rings. The Hall–Kier alpha value is -1.63. The van der Waals surface area contributed by atoms with Crippen LogP contribution in [0.1, 0.15) is 13.3 Å². The van der Waals surface area contributed by atoms with Crippen LogP contribution in [0.25, 0.3) is 0 Å². The van der Waals surface area contributed by atoms with Gasteiger partial charge in [-0.25, -0.2) is 0 Å². The number of carbonyl (C=O) groups excluding carboxylic acids is 2. The fourth-order valence-corrected chi connectivity index (χ4v) is 2.00. The lowest BCUT2D eigenvalue weighted by Crippen LogP contribution is -2.59. The highest BCUT2D eigenvalue weighted by molar-refractivity contribution is 5.91. The van der Waals surface area contributed by atoms with Crippen LogP contribution in [0.5, 0.6) is 0 Å². The van der Waals surface area contributed by atoms with Gasteiger partial charge in [-0.3, -0.25) is 14.4 Å². The molecule has 0 aromatic carbocycles. The summed E-state index contributed by atoms with van der Waals surface area (Å²) in [5.74, 6) is -1.69. The first-order valence-electron chi connectivity index (χ1n) is 5.74. The monoisotopic (exact) mass is 258 g/mol. The molecular weight excluding hydrogens is 240 g/mol. The van der Waals surface area contributed by atoms with Gasteiger partial charge < -0.3 is 19.6 Å². The molecule has 0 bridgehead atoms. The van der Waals surface area contributed by atoms with Crippen molar-refractivity contribution in [3.8, 4) is 0 Å². The summed E-state index contributed by atoms with van der Waals surface area (Å²) in [4.78, 5) is 37.1. The number of carboxylic acids is 1. The van der Waals surface area contributed by atoms with Gasteiger partial charge in [0.1, 0.15) is 6.04 Å². The highest BCUT2D eigenvalue weighted by atomic mass is 16.5. The molecule has 18 heavy (non-hydrogen) atoms. The third-order valence-corrected chi connectivity index (χ3v) is 2.92. The number of carbonyl (C=O) groups is 3. The molecule has 1 N–H and O–H groups in total. The molecule has 0 radical (unpaired) electrons. The second-order valence-corrected chi connectivity index (χ2v) is 4.14. The third kappa shape index (κ3) is 3.43. The lowest BCUT2D eigenvalue weighted by molar-refractivity contribution is -0.155. The molecule has 0 spiro atoms. The number of piperazine rings is 1. The van der Waals surface area contributed by atoms with E-state index in [1.54, 1.807) is 0 Å². The zero-order valence-corrected chi connectivity index (χ0v) is 10.6. The number of methoxy groups -OCH3 is 1. The maximum absolute atomic E-state index is 12.1. The number of carboxylic acid groups (broad SMARTS) is 1. The van der Waals surface area contributed by atoms with E-state index in [1.165, 1.54) is 23.8 Å². The molecule has 1 rings (SSSR count). The van der Waals surface area contributed by atoms with Crippen LogP contribution in [0.2, 0.25) is 0 Å². The first-order chi connectivity index (χ1) is 8.47. The van der Waals surface area contributed by atoms with E-state index in [0.717, 1.165) is 0 Å². The van der Waals surface area contributed by atoms with Crippen molar-refractivity contribution < 1.29 is 24.2 Å². The van der Waals surface area contributed by atoms with E-state index >= 15 is 0 Å². The molecular formula is C11H18N2O5. The normalized spacial score (nSPS) is 20.1. The Morgan fingerprint density at radius 3 is 2.61 bits per heavy atom. The number of nitrogens with zero attached hydrogens (tertiary/aromatic N) is 2. The van der Waals surface area contributed by atoms with Gasteiger partial charge >= 0.3 is 5.97 Å². The maximum atomic E-state index is 12.1. The molecule has 102 valence electrons. The van der Waals surface area contributed by atoms with Crippen LogP contribution in [-0.2, 0) is 19.1 Å². The quantitative estimate of drug-likeness (QED) is 0.695. The molecule has 1 unspecified atom stereocenters. The second kappa shape index (κ2) is 6.34. The van der Waals surface area contributed by atoms with Crippen molar-refractivity contribution in [3.05, 3.63) is 0 Å². The lowest BCUT2D eigenvalue weighted by Gasteiger charge is -2.39. The molecule has 0 aromatic heterocycles. The summed E-state index contributed by atoms with van der Waals surface area (Å²) in [6, 6.07) is -0.898. The summed E-state index contributed by atoms with van der Waals surface area (Å²) in [6.07, 6.45) is -0.359. The van der Waals surface area contributed by atoms with Crippen LogP contribution in [0.3, 0.4) is 0 Å². The minimum atomic E-state index is -1.09. The second-order valence-electron chi connectivity index (χ2n) is 4.14. The van der Waals surface area contributed by atoms with E-state index < -0.39 is 12.0 Å². The summed E-state index contributed by atoms with van der Waals surface area (Å²) >= 11 is 0. The summed E-state index contributed by atoms with van der Waals surface area (Å²) in [7, 11) is 1.53. The van der Waals surface area contributed by atoms with Gasteiger partial charge in [0.25, 0.3) is 0 Å². The standard InChI is InChI=1S/C11H18N2O5/c1-8(14)13-4-3-12(5-6-18-2)11(17)9(13)7-10(15)16/h9H,3-7H2,1-2H3,(H,15,16). The Balaban J connectivity index is 2.77. The molecule has 2 amide bonds. The Labute approximate surface area is 105 Å². The SMILES string of the molecule is COCCN1CCN(C(C)=O)C(CC(=O)O)C1=O. The topological polar surface area (TPSA) is 87.2 Å². The zero-order valence-electron chi connectivity index (χ0n) is 10.6. The minimum Gasteiger partial charge on any atom is -0.481 e. The Morgan fingerprint density at radius 2 is 2.11 bits per heavy atom. The molecule has 1 fully saturated rings. The first kappa shape index (κ1) is 14.4. The summed E-state index contributed by atoms with van der Waals surface area (Å²) in [5, 5.41) is 8.81. The van der Waals surface area contributed by atoms with Crippen LogP contribution in [0.4, 0.5) is 0 Å². The van der Waals surface area contributed by atoms with E-state index in [-0.39, 0.29) is 18.2 Å². The van der Waals surface area contributed by atoms with Crippen molar-refractivity contribution in [2.45, 2.75) is 19.4 Å². The number of hydrogen-bond acceptors (Lipinski definition) is 4. The Kier molecular flexibility index (Phi) is 5.08. The van der Waals surface area contributed by atoms with Crippen molar-refractivity contribution in [1.82, 2.24) is 9.80 Å². The van der Waals surface area contributed by atoms with Gasteiger partial charge in [0, 0.05) is 33.7 Å². The van der Waals surface area contributed by atoms with Gasteiger partial charge in [-0.2, -0.15) is 0 Å². The number of amides is 2. The van der Waals surface area contributed by atoms with Gasteiger partial charge in [0.15, 0.2) is 0 Å². The van der Waals surface area contributed by atoms with Crippen LogP contribution in [0, 0.1) is 0 Å². The number of hydrogen-bond donors (Lipinski definition) is 1. The van der Waals surface area contributed by atoms with Crippen molar-refractivity contribution >= 4 is 17.8 Å². The van der Waals surface area contributed by atoms with Crippen molar-refractivity contribution in [3.63, 3.8) is 0 Å². The van der Waals surface area contributed by atoms with E-state index in [4.69, 9.17) is 9.84 Å². The molecule has 7 heteroatoms. The summed E-state index contributed by atoms with van der Waals surface area (Å²) < 4.78 is 4.89. The molecule has 1 atom stereocenters. The van der Waals surface area contributed by atoms with Crippen molar-refractivity contribution in [1.29, 1.82) is 0 Å². The highest BCUT2D eigenvalue weighted by Gasteiger charge is 2.37. The van der Waals surface area contributed by atoms with Crippen molar-refractivity contribution in [2.24, 2.45) is 0 Å². The van der Waals surface area contributed by atoms with E-state index in [2.05, 4.69) is 0 Å². The predicted octanol–water partition coefficient (Wildman–Crippen LogP) is -0.833. The van der Waals surface area contributed by atoms with Gasteiger partial charge in [-0.15, -0.1) is 0 Å². The average molecular weight is 258 g/mol. The molecule has 1 heterocycles. The Bertz CT molecular complexity index is 344. The minimum absolute atomic E-state index is 0.277. The van der Waals surface area contributed by atoms with Crippen molar-refractivity contribution in [2.75, 3.05) is 33.4 Å². The van der Waals surface area contributed by atoms with Crippen LogP contribution in [-0.4, -0.2) is 72.1 Å². The molecule has 0 saturated carbocycles. The van der Waals surface area contributed by atoms with Crippen LogP contribution < -0.4 is 0 Å². The predicted molar refractivity (Wildman–Crippen MR) is 61.9 cm³/mol.